The Bertz CT molecular complexity index is 187. The Labute approximate surface area is 79.7 Å². The Balaban J connectivity index is 2.51. The van der Waals surface area contributed by atoms with Gasteiger partial charge < -0.3 is 5.11 Å². The van der Waals surface area contributed by atoms with Gasteiger partial charge >= 0.3 is 5.97 Å². The minimum Gasteiger partial charge on any atom is -0.481 e. The van der Waals surface area contributed by atoms with E-state index in [0.29, 0.717) is 12.2 Å². The minimum absolute atomic E-state index is 0.274. The van der Waals surface area contributed by atoms with Gasteiger partial charge in [-0.1, -0.05) is 0 Å². The number of aliphatic carboxylic acids is 1. The van der Waals surface area contributed by atoms with Gasteiger partial charge in [-0.2, -0.15) is 11.8 Å². The van der Waals surface area contributed by atoms with Crippen molar-refractivity contribution in [1.29, 1.82) is 0 Å². The summed E-state index contributed by atoms with van der Waals surface area (Å²) in [7, 11) is 0. The number of hydrogen-bond donors (Lipinski definition) is 1. The van der Waals surface area contributed by atoms with Crippen molar-refractivity contribution in [3.8, 4) is 0 Å². The molecule has 0 spiro atoms. The second kappa shape index (κ2) is 4.79. The molecule has 1 heterocycles. The second-order valence-electron chi connectivity index (χ2n) is 3.20. The molecule has 5 heteroatoms. The van der Waals surface area contributed by atoms with Crippen LogP contribution < -0.4 is 0 Å². The molecule has 1 N–H and O–H groups in total. The molecule has 1 aliphatic rings. The predicted molar refractivity (Wildman–Crippen MR) is 47.2 cm³/mol. The van der Waals surface area contributed by atoms with Crippen molar-refractivity contribution in [3.05, 3.63) is 0 Å². The first-order valence-corrected chi connectivity index (χ1v) is 5.35. The average Bonchev–Trinajstić information content (AvgIpc) is 2.03. The zero-order valence-corrected chi connectivity index (χ0v) is 7.90. The van der Waals surface area contributed by atoms with E-state index in [2.05, 4.69) is 0 Å². The lowest BCUT2D eigenvalue weighted by molar-refractivity contribution is -0.144. The van der Waals surface area contributed by atoms with Crippen molar-refractivity contribution in [3.63, 3.8) is 0 Å². The molecule has 1 rings (SSSR count). The maximum atomic E-state index is 12.1. The summed E-state index contributed by atoms with van der Waals surface area (Å²) >= 11 is 1.57. The molecule has 1 saturated heterocycles. The van der Waals surface area contributed by atoms with Crippen molar-refractivity contribution in [1.82, 2.24) is 0 Å². The highest BCUT2D eigenvalue weighted by Crippen LogP contribution is 2.32. The third-order valence-corrected chi connectivity index (χ3v) is 3.46. The first-order valence-electron chi connectivity index (χ1n) is 4.20. The number of thioether (sulfide) groups is 1. The van der Waals surface area contributed by atoms with Crippen molar-refractivity contribution in [2.75, 3.05) is 11.5 Å². The lowest BCUT2D eigenvalue weighted by atomic mass is 9.88. The van der Waals surface area contributed by atoms with Gasteiger partial charge in [0.05, 0.1) is 5.92 Å². The fourth-order valence-corrected chi connectivity index (χ4v) is 2.84. The maximum Gasteiger partial charge on any atom is 0.306 e. The van der Waals surface area contributed by atoms with E-state index in [0.717, 1.165) is 5.75 Å². The van der Waals surface area contributed by atoms with Crippen molar-refractivity contribution >= 4 is 17.7 Å². The summed E-state index contributed by atoms with van der Waals surface area (Å²) in [5.74, 6) is -0.504. The van der Waals surface area contributed by atoms with Gasteiger partial charge in [-0.05, 0) is 23.8 Å². The zero-order valence-electron chi connectivity index (χ0n) is 7.08. The normalized spacial score (nSPS) is 29.2. The van der Waals surface area contributed by atoms with Crippen LogP contribution in [0.2, 0.25) is 0 Å². The van der Waals surface area contributed by atoms with Gasteiger partial charge in [-0.15, -0.1) is 0 Å². The van der Waals surface area contributed by atoms with E-state index >= 15 is 0 Å². The van der Waals surface area contributed by atoms with E-state index in [1.807, 2.05) is 0 Å². The quantitative estimate of drug-likeness (QED) is 0.775. The molecule has 1 aliphatic heterocycles. The third kappa shape index (κ3) is 3.14. The Hall–Kier alpha value is -0.320. The monoisotopic (exact) mass is 210 g/mol. The van der Waals surface area contributed by atoms with Crippen LogP contribution >= 0.6 is 11.8 Å². The molecule has 0 aromatic heterocycles. The van der Waals surface area contributed by atoms with Gasteiger partial charge in [0.25, 0.3) is 0 Å². The van der Waals surface area contributed by atoms with Gasteiger partial charge in [0.1, 0.15) is 0 Å². The maximum absolute atomic E-state index is 12.1. The van der Waals surface area contributed by atoms with Gasteiger partial charge in [0.2, 0.25) is 6.43 Å². The lowest BCUT2D eigenvalue weighted by Crippen LogP contribution is -2.30. The second-order valence-corrected chi connectivity index (χ2v) is 4.35. The number of carbonyl (C=O) groups is 1. The smallest absolute Gasteiger partial charge is 0.306 e. The van der Waals surface area contributed by atoms with Crippen molar-refractivity contribution < 1.29 is 18.7 Å². The van der Waals surface area contributed by atoms with Crippen LogP contribution in [0.5, 0.6) is 0 Å². The lowest BCUT2D eigenvalue weighted by Gasteiger charge is -2.27. The molecule has 0 aromatic rings. The van der Waals surface area contributed by atoms with E-state index in [-0.39, 0.29) is 12.3 Å². The molecule has 0 bridgehead atoms. The summed E-state index contributed by atoms with van der Waals surface area (Å²) in [5.41, 5.74) is 0. The number of halogens is 2. The van der Waals surface area contributed by atoms with E-state index in [1.54, 1.807) is 11.8 Å². The average molecular weight is 210 g/mol. The first kappa shape index (κ1) is 10.8. The highest BCUT2D eigenvalue weighted by Gasteiger charge is 2.32. The van der Waals surface area contributed by atoms with Crippen LogP contribution in [-0.4, -0.2) is 29.0 Å². The first-order chi connectivity index (χ1) is 6.11. The summed E-state index contributed by atoms with van der Waals surface area (Å²) < 4.78 is 24.1. The molecular weight excluding hydrogens is 198 g/mol. The fourth-order valence-electron chi connectivity index (χ4n) is 1.58. The Morgan fingerprint density at radius 3 is 2.85 bits per heavy atom. The van der Waals surface area contributed by atoms with E-state index in [1.165, 1.54) is 0 Å². The molecule has 0 aliphatic carbocycles. The van der Waals surface area contributed by atoms with E-state index in [4.69, 9.17) is 5.11 Å². The number of carboxylic acid groups (broad SMARTS) is 1. The molecule has 13 heavy (non-hydrogen) atoms. The van der Waals surface area contributed by atoms with Gasteiger partial charge in [0, 0.05) is 6.42 Å². The van der Waals surface area contributed by atoms with Crippen LogP contribution in [-0.2, 0) is 4.79 Å². The molecule has 76 valence electrons. The molecule has 0 aromatic carbocycles. The number of alkyl halides is 2. The number of rotatable bonds is 3. The summed E-state index contributed by atoms with van der Waals surface area (Å²) in [6, 6.07) is 0. The Kier molecular flexibility index (Phi) is 3.96. The summed E-state index contributed by atoms with van der Waals surface area (Å²) in [6.07, 6.45) is -2.13. The Morgan fingerprint density at radius 2 is 2.31 bits per heavy atom. The molecular formula is C8H12F2O2S. The fraction of sp³-hybridized carbons (Fsp3) is 0.875. The Morgan fingerprint density at radius 1 is 1.62 bits per heavy atom. The minimum atomic E-state index is -2.38. The van der Waals surface area contributed by atoms with Crippen molar-refractivity contribution in [2.24, 2.45) is 11.8 Å². The summed E-state index contributed by atoms with van der Waals surface area (Å²) in [5, 5.41) is 8.77. The molecule has 0 radical (unpaired) electrons. The topological polar surface area (TPSA) is 37.3 Å². The van der Waals surface area contributed by atoms with Crippen LogP contribution in [0, 0.1) is 11.8 Å². The summed E-state index contributed by atoms with van der Waals surface area (Å²) in [6.45, 7) is 0. The molecule has 1 fully saturated rings. The van der Waals surface area contributed by atoms with Crippen LogP contribution in [0.25, 0.3) is 0 Å². The molecule has 0 amide bonds. The van der Waals surface area contributed by atoms with Gasteiger partial charge in [0.15, 0.2) is 0 Å². The third-order valence-electron chi connectivity index (χ3n) is 2.27. The highest BCUT2D eigenvalue weighted by atomic mass is 32.2. The molecule has 2 unspecified atom stereocenters. The number of hydrogen-bond acceptors (Lipinski definition) is 2. The molecule has 2 atom stereocenters. The van der Waals surface area contributed by atoms with Crippen molar-refractivity contribution in [2.45, 2.75) is 19.3 Å². The number of carboxylic acids is 1. The highest BCUT2D eigenvalue weighted by molar-refractivity contribution is 7.99. The molecule has 0 saturated carbocycles. The standard InChI is InChI=1S/C8H12F2O2S/c9-7(10)3-5-4-13-2-1-6(5)8(11)12/h5-7H,1-4H2,(H,11,12). The van der Waals surface area contributed by atoms with E-state index < -0.39 is 18.3 Å². The molecule has 2 nitrogen and oxygen atoms in total. The van der Waals surface area contributed by atoms with E-state index in [9.17, 15) is 13.6 Å². The summed E-state index contributed by atoms with van der Waals surface area (Å²) in [4.78, 5) is 10.7. The zero-order chi connectivity index (χ0) is 9.84. The predicted octanol–water partition coefficient (Wildman–Crippen LogP) is 2.10. The largest absolute Gasteiger partial charge is 0.481 e. The van der Waals surface area contributed by atoms with Crippen LogP contribution in [0.1, 0.15) is 12.8 Å². The van der Waals surface area contributed by atoms with Crippen LogP contribution in [0.3, 0.4) is 0 Å². The van der Waals surface area contributed by atoms with Crippen LogP contribution in [0.4, 0.5) is 8.78 Å². The van der Waals surface area contributed by atoms with Crippen LogP contribution in [0.15, 0.2) is 0 Å². The SMILES string of the molecule is O=C(O)C1CCSCC1CC(F)F. The van der Waals surface area contributed by atoms with Gasteiger partial charge in [-0.25, -0.2) is 8.78 Å². The van der Waals surface area contributed by atoms with Gasteiger partial charge in [-0.3, -0.25) is 4.79 Å².